The zero-order chi connectivity index (χ0) is 16.1. The molecular formula is C17H12ClN5. The molecule has 0 bridgehead atoms. The molecule has 0 spiro atoms. The number of halogens is 1. The molecule has 1 aromatic heterocycles. The highest BCUT2D eigenvalue weighted by Gasteiger charge is 2.03. The molecule has 0 unspecified atom stereocenters. The van der Waals surface area contributed by atoms with Gasteiger partial charge in [0, 0.05) is 11.8 Å². The van der Waals surface area contributed by atoms with Crippen LogP contribution in [0.15, 0.2) is 60.9 Å². The van der Waals surface area contributed by atoms with Gasteiger partial charge in [-0.25, -0.2) is 9.97 Å². The average molecular weight is 322 g/mol. The quantitative estimate of drug-likeness (QED) is 0.740. The van der Waals surface area contributed by atoms with Gasteiger partial charge in [0.1, 0.15) is 18.0 Å². The maximum absolute atomic E-state index is 8.81. The lowest BCUT2D eigenvalue weighted by Crippen LogP contribution is -1.98. The van der Waals surface area contributed by atoms with Crippen molar-refractivity contribution in [2.24, 2.45) is 0 Å². The average Bonchev–Trinajstić information content (AvgIpc) is 2.58. The van der Waals surface area contributed by atoms with Crippen molar-refractivity contribution >= 4 is 34.6 Å². The van der Waals surface area contributed by atoms with Crippen LogP contribution in [0.1, 0.15) is 5.56 Å². The van der Waals surface area contributed by atoms with Crippen LogP contribution in [0.2, 0.25) is 5.02 Å². The number of benzene rings is 2. The van der Waals surface area contributed by atoms with Gasteiger partial charge in [0.25, 0.3) is 0 Å². The van der Waals surface area contributed by atoms with Crippen molar-refractivity contribution in [1.82, 2.24) is 9.97 Å². The van der Waals surface area contributed by atoms with E-state index in [1.54, 1.807) is 24.3 Å². The van der Waals surface area contributed by atoms with E-state index < -0.39 is 0 Å². The third-order valence-corrected chi connectivity index (χ3v) is 3.42. The molecule has 0 saturated heterocycles. The number of para-hydroxylation sites is 1. The smallest absolute Gasteiger partial charge is 0.135 e. The van der Waals surface area contributed by atoms with Gasteiger partial charge in [0.15, 0.2) is 0 Å². The van der Waals surface area contributed by atoms with Crippen molar-refractivity contribution < 1.29 is 0 Å². The molecule has 0 aliphatic rings. The Bertz CT molecular complexity index is 855. The third-order valence-electron chi connectivity index (χ3n) is 3.09. The van der Waals surface area contributed by atoms with Crippen LogP contribution in [-0.4, -0.2) is 9.97 Å². The summed E-state index contributed by atoms with van der Waals surface area (Å²) in [5, 5.41) is 15.7. The van der Waals surface area contributed by atoms with Crippen LogP contribution in [0.25, 0.3) is 0 Å². The number of rotatable bonds is 4. The largest absolute Gasteiger partial charge is 0.340 e. The van der Waals surface area contributed by atoms with E-state index in [4.69, 9.17) is 16.9 Å². The Balaban J connectivity index is 1.77. The van der Waals surface area contributed by atoms with Crippen molar-refractivity contribution in [2.75, 3.05) is 10.6 Å². The van der Waals surface area contributed by atoms with Gasteiger partial charge < -0.3 is 10.6 Å². The highest BCUT2D eigenvalue weighted by Crippen LogP contribution is 2.25. The molecule has 5 nitrogen and oxygen atoms in total. The number of aromatic nitrogens is 2. The number of hydrogen-bond donors (Lipinski definition) is 2. The second-order valence-electron chi connectivity index (χ2n) is 4.71. The van der Waals surface area contributed by atoms with Gasteiger partial charge in [0.05, 0.1) is 22.3 Å². The molecule has 0 radical (unpaired) electrons. The molecule has 0 aliphatic carbocycles. The zero-order valence-electron chi connectivity index (χ0n) is 12.0. The first-order valence-corrected chi connectivity index (χ1v) is 7.23. The fourth-order valence-corrected chi connectivity index (χ4v) is 2.15. The Morgan fingerprint density at radius 3 is 2.30 bits per heavy atom. The van der Waals surface area contributed by atoms with E-state index in [0.717, 1.165) is 11.4 Å². The van der Waals surface area contributed by atoms with Gasteiger partial charge in [-0.2, -0.15) is 5.26 Å². The van der Waals surface area contributed by atoms with Crippen LogP contribution in [-0.2, 0) is 0 Å². The standard InChI is InChI=1S/C17H12ClN5/c18-14-3-1-2-4-15(14)23-17-9-16(20-11-21-17)22-13-7-5-12(10-19)6-8-13/h1-9,11H,(H2,20,21,22,23). The molecule has 0 saturated carbocycles. The molecule has 0 atom stereocenters. The molecule has 0 fully saturated rings. The van der Waals surface area contributed by atoms with Crippen molar-refractivity contribution in [3.63, 3.8) is 0 Å². The van der Waals surface area contributed by atoms with Crippen LogP contribution in [0.5, 0.6) is 0 Å². The molecular weight excluding hydrogens is 310 g/mol. The number of nitrogens with one attached hydrogen (secondary N) is 2. The molecule has 3 rings (SSSR count). The molecule has 112 valence electrons. The number of nitrogens with zero attached hydrogens (tertiary/aromatic N) is 3. The van der Waals surface area contributed by atoms with Crippen LogP contribution >= 0.6 is 11.6 Å². The van der Waals surface area contributed by atoms with Crippen molar-refractivity contribution in [3.8, 4) is 6.07 Å². The molecule has 6 heteroatoms. The Morgan fingerprint density at radius 1 is 0.913 bits per heavy atom. The first-order valence-electron chi connectivity index (χ1n) is 6.85. The summed E-state index contributed by atoms with van der Waals surface area (Å²) in [6, 6.07) is 18.4. The fraction of sp³-hybridized carbons (Fsp3) is 0. The summed E-state index contributed by atoms with van der Waals surface area (Å²) in [7, 11) is 0. The summed E-state index contributed by atoms with van der Waals surface area (Å²) in [5.74, 6) is 1.27. The minimum atomic E-state index is 0.610. The van der Waals surface area contributed by atoms with Crippen LogP contribution in [0.4, 0.5) is 23.0 Å². The van der Waals surface area contributed by atoms with E-state index in [9.17, 15) is 0 Å². The predicted octanol–water partition coefficient (Wildman–Crippen LogP) is 4.49. The normalized spacial score (nSPS) is 9.91. The van der Waals surface area contributed by atoms with E-state index in [1.165, 1.54) is 6.33 Å². The van der Waals surface area contributed by atoms with E-state index in [0.29, 0.717) is 22.2 Å². The lowest BCUT2D eigenvalue weighted by molar-refractivity contribution is 1.17. The maximum Gasteiger partial charge on any atom is 0.135 e. The Kier molecular flexibility index (Phi) is 4.37. The Labute approximate surface area is 138 Å². The second-order valence-corrected chi connectivity index (χ2v) is 5.11. The fourth-order valence-electron chi connectivity index (χ4n) is 1.97. The maximum atomic E-state index is 8.81. The van der Waals surface area contributed by atoms with E-state index in [2.05, 4.69) is 26.7 Å². The highest BCUT2D eigenvalue weighted by atomic mass is 35.5. The summed E-state index contributed by atoms with van der Waals surface area (Å²) in [6.45, 7) is 0. The molecule has 1 heterocycles. The van der Waals surface area contributed by atoms with E-state index in [1.807, 2.05) is 30.3 Å². The Hall–Kier alpha value is -3.10. The van der Waals surface area contributed by atoms with Gasteiger partial charge in [-0.15, -0.1) is 0 Å². The first kappa shape index (κ1) is 14.8. The molecule has 3 aromatic rings. The van der Waals surface area contributed by atoms with Gasteiger partial charge >= 0.3 is 0 Å². The van der Waals surface area contributed by atoms with Gasteiger partial charge in [-0.1, -0.05) is 23.7 Å². The summed E-state index contributed by atoms with van der Waals surface area (Å²) in [4.78, 5) is 8.36. The monoisotopic (exact) mass is 321 g/mol. The lowest BCUT2D eigenvalue weighted by atomic mass is 10.2. The van der Waals surface area contributed by atoms with Crippen molar-refractivity contribution in [2.45, 2.75) is 0 Å². The molecule has 0 amide bonds. The van der Waals surface area contributed by atoms with Crippen molar-refractivity contribution in [3.05, 3.63) is 71.5 Å². The van der Waals surface area contributed by atoms with Gasteiger partial charge in [0.2, 0.25) is 0 Å². The summed E-state index contributed by atoms with van der Waals surface area (Å²) >= 11 is 6.12. The second kappa shape index (κ2) is 6.77. The topological polar surface area (TPSA) is 73.6 Å². The van der Waals surface area contributed by atoms with Crippen LogP contribution in [0, 0.1) is 11.3 Å². The van der Waals surface area contributed by atoms with E-state index in [-0.39, 0.29) is 0 Å². The summed E-state index contributed by atoms with van der Waals surface area (Å²) in [5.41, 5.74) is 2.22. The summed E-state index contributed by atoms with van der Waals surface area (Å²) in [6.07, 6.45) is 1.46. The molecule has 0 aliphatic heterocycles. The number of anilines is 4. The minimum absolute atomic E-state index is 0.610. The number of nitriles is 1. The third kappa shape index (κ3) is 3.76. The van der Waals surface area contributed by atoms with Crippen molar-refractivity contribution in [1.29, 1.82) is 5.26 Å². The zero-order valence-corrected chi connectivity index (χ0v) is 12.7. The Morgan fingerprint density at radius 2 is 1.61 bits per heavy atom. The van der Waals surface area contributed by atoms with Crippen LogP contribution in [0.3, 0.4) is 0 Å². The van der Waals surface area contributed by atoms with Gasteiger partial charge in [-0.3, -0.25) is 0 Å². The molecule has 2 aromatic carbocycles. The number of hydrogen-bond acceptors (Lipinski definition) is 5. The van der Waals surface area contributed by atoms with Crippen LogP contribution < -0.4 is 10.6 Å². The highest BCUT2D eigenvalue weighted by molar-refractivity contribution is 6.33. The lowest BCUT2D eigenvalue weighted by Gasteiger charge is -2.09. The van der Waals surface area contributed by atoms with Gasteiger partial charge in [-0.05, 0) is 36.4 Å². The minimum Gasteiger partial charge on any atom is -0.340 e. The molecule has 23 heavy (non-hydrogen) atoms. The SMILES string of the molecule is N#Cc1ccc(Nc2cc(Nc3ccccc3Cl)ncn2)cc1. The molecule has 2 N–H and O–H groups in total. The van der Waals surface area contributed by atoms with E-state index >= 15 is 0 Å². The summed E-state index contributed by atoms with van der Waals surface area (Å²) < 4.78 is 0. The first-order chi connectivity index (χ1) is 11.2. The predicted molar refractivity (Wildman–Crippen MR) is 91.2 cm³/mol.